The molecule has 5 rings (SSSR count). The summed E-state index contributed by atoms with van der Waals surface area (Å²) >= 11 is 2.81. The lowest BCUT2D eigenvalue weighted by Crippen LogP contribution is -2.29. The zero-order chi connectivity index (χ0) is 23.1. The van der Waals surface area contributed by atoms with E-state index in [0.29, 0.717) is 28.4 Å². The van der Waals surface area contributed by atoms with E-state index < -0.39 is 5.69 Å². The van der Waals surface area contributed by atoms with Gasteiger partial charge in [-0.1, -0.05) is 32.0 Å². The highest BCUT2D eigenvalue weighted by molar-refractivity contribution is 7.17. The van der Waals surface area contributed by atoms with Crippen LogP contribution in [-0.2, 0) is 17.9 Å². The van der Waals surface area contributed by atoms with E-state index in [1.165, 1.54) is 37.2 Å². The number of benzene rings is 1. The Morgan fingerprint density at radius 1 is 1.06 bits per heavy atom. The fourth-order valence-electron chi connectivity index (χ4n) is 3.73. The summed E-state index contributed by atoms with van der Waals surface area (Å²) in [7, 11) is 0. The Morgan fingerprint density at radius 3 is 2.55 bits per heavy atom. The van der Waals surface area contributed by atoms with E-state index in [0.717, 1.165) is 9.56 Å². The second-order valence-electron chi connectivity index (χ2n) is 8.01. The molecular formula is C23H21N5O3S2. The van der Waals surface area contributed by atoms with Crippen molar-refractivity contribution < 1.29 is 4.79 Å². The molecule has 4 heterocycles. The van der Waals surface area contributed by atoms with Gasteiger partial charge in [-0.2, -0.15) is 0 Å². The lowest BCUT2D eigenvalue weighted by molar-refractivity contribution is -0.117. The average molecular weight is 480 g/mol. The Bertz CT molecular complexity index is 1570. The van der Waals surface area contributed by atoms with Gasteiger partial charge in [0.15, 0.2) is 0 Å². The van der Waals surface area contributed by atoms with Gasteiger partial charge in [-0.15, -0.1) is 27.8 Å². The first kappa shape index (κ1) is 21.4. The molecule has 0 fully saturated rings. The number of nitrogens with zero attached hydrogens (tertiary/aromatic N) is 4. The molecule has 1 aromatic carbocycles. The first-order valence-electron chi connectivity index (χ1n) is 10.4. The third kappa shape index (κ3) is 3.91. The van der Waals surface area contributed by atoms with Gasteiger partial charge in [-0.3, -0.25) is 14.2 Å². The van der Waals surface area contributed by atoms with Crippen LogP contribution >= 0.6 is 22.7 Å². The average Bonchev–Trinajstić information content (AvgIpc) is 3.53. The van der Waals surface area contributed by atoms with Crippen molar-refractivity contribution in [2.75, 3.05) is 5.32 Å². The molecule has 0 aliphatic carbocycles. The third-order valence-electron chi connectivity index (χ3n) is 5.44. The van der Waals surface area contributed by atoms with Crippen LogP contribution in [0.2, 0.25) is 0 Å². The number of amides is 1. The lowest BCUT2D eigenvalue weighted by Gasteiger charge is -2.08. The maximum Gasteiger partial charge on any atom is 0.352 e. The molecule has 0 saturated heterocycles. The maximum absolute atomic E-state index is 13.2. The van der Waals surface area contributed by atoms with Crippen molar-refractivity contribution in [1.82, 2.24) is 18.7 Å². The molecule has 0 atom stereocenters. The first-order chi connectivity index (χ1) is 15.9. The van der Waals surface area contributed by atoms with Gasteiger partial charge in [-0.25, -0.2) is 13.9 Å². The SMILES string of the molecule is CC(C)c1ccc(NC(=O)Cn2nc3n(Cc4cccs4)c(=O)c4sccc4n3c2=O)cc1. The predicted octanol–water partition coefficient (Wildman–Crippen LogP) is 3.74. The normalized spacial score (nSPS) is 11.6. The Kier molecular flexibility index (Phi) is 5.47. The molecule has 4 aromatic heterocycles. The lowest BCUT2D eigenvalue weighted by atomic mass is 10.0. The van der Waals surface area contributed by atoms with Gasteiger partial charge in [0, 0.05) is 10.6 Å². The van der Waals surface area contributed by atoms with Crippen molar-refractivity contribution in [1.29, 1.82) is 0 Å². The summed E-state index contributed by atoms with van der Waals surface area (Å²) in [6.45, 7) is 4.25. The Morgan fingerprint density at radius 2 is 1.85 bits per heavy atom. The summed E-state index contributed by atoms with van der Waals surface area (Å²) in [4.78, 5) is 40.0. The van der Waals surface area contributed by atoms with E-state index in [1.807, 2.05) is 41.8 Å². The minimum absolute atomic E-state index is 0.201. The molecule has 0 bridgehead atoms. The van der Waals surface area contributed by atoms with Crippen molar-refractivity contribution >= 4 is 50.3 Å². The molecule has 0 radical (unpaired) electrons. The Labute approximate surface area is 196 Å². The third-order valence-corrected chi connectivity index (χ3v) is 7.19. The molecule has 168 valence electrons. The summed E-state index contributed by atoms with van der Waals surface area (Å²) in [5.41, 5.74) is 1.67. The molecule has 1 N–H and O–H groups in total. The number of hydrogen-bond acceptors (Lipinski definition) is 6. The number of thiophene rings is 2. The van der Waals surface area contributed by atoms with Gasteiger partial charge in [0.25, 0.3) is 5.56 Å². The van der Waals surface area contributed by atoms with E-state index in [1.54, 1.807) is 11.4 Å². The summed E-state index contributed by atoms with van der Waals surface area (Å²) in [6.07, 6.45) is 0. The van der Waals surface area contributed by atoms with Crippen molar-refractivity contribution in [3.05, 3.63) is 84.5 Å². The van der Waals surface area contributed by atoms with E-state index in [-0.39, 0.29) is 23.8 Å². The van der Waals surface area contributed by atoms with Gasteiger partial charge in [0.1, 0.15) is 11.2 Å². The van der Waals surface area contributed by atoms with Crippen molar-refractivity contribution in [2.45, 2.75) is 32.9 Å². The minimum atomic E-state index is -0.460. The van der Waals surface area contributed by atoms with Crippen LogP contribution in [0.4, 0.5) is 5.69 Å². The van der Waals surface area contributed by atoms with Crippen LogP contribution in [0.1, 0.15) is 30.2 Å². The molecule has 0 unspecified atom stereocenters. The number of nitrogens with one attached hydrogen (secondary N) is 1. The van der Waals surface area contributed by atoms with Gasteiger partial charge in [0.05, 0.1) is 12.1 Å². The summed E-state index contributed by atoms with van der Waals surface area (Å²) < 4.78 is 4.49. The van der Waals surface area contributed by atoms with Crippen LogP contribution in [-0.4, -0.2) is 24.7 Å². The molecule has 10 heteroatoms. The molecule has 33 heavy (non-hydrogen) atoms. The van der Waals surface area contributed by atoms with Crippen molar-refractivity contribution in [2.24, 2.45) is 0 Å². The summed E-state index contributed by atoms with van der Waals surface area (Å²) in [5.74, 6) is 0.247. The molecular weight excluding hydrogens is 458 g/mol. The highest BCUT2D eigenvalue weighted by Crippen LogP contribution is 2.19. The van der Waals surface area contributed by atoms with Crippen LogP contribution in [0.5, 0.6) is 0 Å². The van der Waals surface area contributed by atoms with E-state index in [4.69, 9.17) is 0 Å². The number of carbonyl (C=O) groups excluding carboxylic acids is 1. The van der Waals surface area contributed by atoms with Crippen LogP contribution < -0.4 is 16.6 Å². The standard InChI is InChI=1S/C23H21N5O3S2/c1-14(2)15-5-7-16(8-6-15)24-19(29)13-27-23(31)28-18-9-11-33-20(18)21(30)26(22(28)25-27)12-17-4-3-10-32-17/h3-11,14H,12-13H2,1-2H3,(H,24,29). The molecule has 5 aromatic rings. The monoisotopic (exact) mass is 479 g/mol. The minimum Gasteiger partial charge on any atom is -0.324 e. The molecule has 0 saturated carbocycles. The highest BCUT2D eigenvalue weighted by Gasteiger charge is 2.20. The number of fused-ring (bicyclic) bond motifs is 3. The van der Waals surface area contributed by atoms with Crippen LogP contribution in [0, 0.1) is 0 Å². The fourth-order valence-corrected chi connectivity index (χ4v) is 5.24. The second-order valence-corrected chi connectivity index (χ2v) is 9.95. The smallest absolute Gasteiger partial charge is 0.324 e. The van der Waals surface area contributed by atoms with Gasteiger partial charge >= 0.3 is 5.69 Å². The van der Waals surface area contributed by atoms with Gasteiger partial charge in [-0.05, 0) is 46.5 Å². The zero-order valence-corrected chi connectivity index (χ0v) is 19.7. The maximum atomic E-state index is 13.2. The topological polar surface area (TPSA) is 90.4 Å². The van der Waals surface area contributed by atoms with Crippen LogP contribution in [0.25, 0.3) is 16.0 Å². The summed E-state index contributed by atoms with van der Waals surface area (Å²) in [5, 5.41) is 10.9. The Hall–Kier alpha value is -3.50. The predicted molar refractivity (Wildman–Crippen MR) is 132 cm³/mol. The van der Waals surface area contributed by atoms with E-state index in [9.17, 15) is 14.4 Å². The number of carbonyl (C=O) groups is 1. The zero-order valence-electron chi connectivity index (χ0n) is 18.0. The second kappa shape index (κ2) is 8.45. The van der Waals surface area contributed by atoms with Crippen LogP contribution in [0.3, 0.4) is 0 Å². The largest absolute Gasteiger partial charge is 0.352 e. The first-order valence-corrected chi connectivity index (χ1v) is 12.2. The molecule has 0 aliphatic heterocycles. The fraction of sp³-hybridized carbons (Fsp3) is 0.217. The van der Waals surface area contributed by atoms with Gasteiger partial charge < -0.3 is 5.32 Å². The van der Waals surface area contributed by atoms with Crippen molar-refractivity contribution in [3.8, 4) is 0 Å². The number of anilines is 1. The van der Waals surface area contributed by atoms with Crippen LogP contribution in [0.15, 0.2) is 62.8 Å². The molecule has 0 spiro atoms. The highest BCUT2D eigenvalue weighted by atomic mass is 32.1. The Balaban J connectivity index is 1.51. The summed E-state index contributed by atoms with van der Waals surface area (Å²) in [6, 6.07) is 13.2. The number of hydrogen-bond donors (Lipinski definition) is 1. The van der Waals surface area contributed by atoms with Gasteiger partial charge in [0.2, 0.25) is 11.7 Å². The van der Waals surface area contributed by atoms with E-state index in [2.05, 4.69) is 24.3 Å². The molecule has 0 aliphatic rings. The van der Waals surface area contributed by atoms with E-state index >= 15 is 0 Å². The molecule has 8 nitrogen and oxygen atoms in total. The van der Waals surface area contributed by atoms with Crippen molar-refractivity contribution in [3.63, 3.8) is 0 Å². The number of rotatable bonds is 6. The molecule has 1 amide bonds. The quantitative estimate of drug-likeness (QED) is 0.402. The number of aromatic nitrogens is 4.